The van der Waals surface area contributed by atoms with Crippen molar-refractivity contribution < 1.29 is 15.0 Å². The molecule has 112 valence electrons. The van der Waals surface area contributed by atoms with Crippen molar-refractivity contribution in [3.63, 3.8) is 0 Å². The number of anilines is 1. The van der Waals surface area contributed by atoms with Gasteiger partial charge < -0.3 is 15.1 Å². The van der Waals surface area contributed by atoms with E-state index in [4.69, 9.17) is 0 Å². The van der Waals surface area contributed by atoms with Crippen molar-refractivity contribution in [2.45, 2.75) is 19.8 Å². The van der Waals surface area contributed by atoms with E-state index in [1.54, 1.807) is 6.07 Å². The summed E-state index contributed by atoms with van der Waals surface area (Å²) in [6, 6.07) is 9.17. The number of aromatic carboxylic acids is 1. The van der Waals surface area contributed by atoms with Crippen LogP contribution in [0.5, 0.6) is 0 Å². The van der Waals surface area contributed by atoms with Crippen LogP contribution in [0.15, 0.2) is 30.3 Å². The zero-order chi connectivity index (χ0) is 15.2. The van der Waals surface area contributed by atoms with Crippen LogP contribution in [0.25, 0.3) is 10.8 Å². The van der Waals surface area contributed by atoms with Crippen LogP contribution in [0, 0.1) is 0 Å². The Kier molecular flexibility index (Phi) is 5.11. The number of hydrogen-bond donors (Lipinski definition) is 2. The highest BCUT2D eigenvalue weighted by Gasteiger charge is 2.15. The smallest absolute Gasteiger partial charge is 0.354 e. The Morgan fingerprint density at radius 3 is 2.71 bits per heavy atom. The molecule has 2 aromatic rings. The van der Waals surface area contributed by atoms with Gasteiger partial charge in [0.15, 0.2) is 5.69 Å². The molecular formula is C16H20N2O3. The number of rotatable bonds is 7. The standard InChI is InChI=1S/C16H20N2O3/c1-2-3-8-18(9-10-19)15-13-7-5-4-6-12(13)11-14(17-15)16(20)21/h4-7,11,19H,2-3,8-10H2,1H3,(H,20,21). The largest absolute Gasteiger partial charge is 0.477 e. The van der Waals surface area contributed by atoms with Gasteiger partial charge in [-0.1, -0.05) is 37.6 Å². The van der Waals surface area contributed by atoms with Crippen LogP contribution in [0.4, 0.5) is 5.82 Å². The van der Waals surface area contributed by atoms with Crippen molar-refractivity contribution in [1.29, 1.82) is 0 Å². The summed E-state index contributed by atoms with van der Waals surface area (Å²) in [5.41, 5.74) is 0.0307. The first-order valence-electron chi connectivity index (χ1n) is 7.16. The quantitative estimate of drug-likeness (QED) is 0.819. The Bertz CT molecular complexity index is 628. The highest BCUT2D eigenvalue weighted by Crippen LogP contribution is 2.26. The number of aromatic nitrogens is 1. The van der Waals surface area contributed by atoms with Crippen LogP contribution in [0.2, 0.25) is 0 Å². The second-order valence-corrected chi connectivity index (χ2v) is 4.92. The molecule has 0 aliphatic rings. The summed E-state index contributed by atoms with van der Waals surface area (Å²) in [6.07, 6.45) is 1.99. The van der Waals surface area contributed by atoms with Gasteiger partial charge in [-0.2, -0.15) is 0 Å². The molecule has 5 nitrogen and oxygen atoms in total. The van der Waals surface area contributed by atoms with Crippen LogP contribution in [0.3, 0.4) is 0 Å². The molecule has 0 unspecified atom stereocenters. The van der Waals surface area contributed by atoms with E-state index in [9.17, 15) is 15.0 Å². The highest BCUT2D eigenvalue weighted by molar-refractivity contribution is 5.98. The molecule has 0 atom stereocenters. The van der Waals surface area contributed by atoms with Crippen LogP contribution < -0.4 is 4.90 Å². The fourth-order valence-electron chi connectivity index (χ4n) is 2.32. The maximum absolute atomic E-state index is 11.3. The predicted octanol–water partition coefficient (Wildman–Crippen LogP) is 2.53. The number of hydrogen-bond acceptors (Lipinski definition) is 4. The molecule has 0 bridgehead atoms. The summed E-state index contributed by atoms with van der Waals surface area (Å²) < 4.78 is 0. The van der Waals surface area contributed by atoms with Gasteiger partial charge in [-0.15, -0.1) is 0 Å². The Morgan fingerprint density at radius 1 is 1.29 bits per heavy atom. The molecule has 1 aromatic heterocycles. The maximum Gasteiger partial charge on any atom is 0.354 e. The maximum atomic E-state index is 11.3. The Hall–Kier alpha value is -2.14. The number of nitrogens with zero attached hydrogens (tertiary/aromatic N) is 2. The number of carbonyl (C=O) groups is 1. The van der Waals surface area contributed by atoms with Gasteiger partial charge in [0, 0.05) is 18.5 Å². The van der Waals surface area contributed by atoms with E-state index < -0.39 is 5.97 Å². The van der Waals surface area contributed by atoms with Gasteiger partial charge in [-0.05, 0) is 17.9 Å². The lowest BCUT2D eigenvalue weighted by Gasteiger charge is -2.24. The van der Waals surface area contributed by atoms with E-state index >= 15 is 0 Å². The van der Waals surface area contributed by atoms with E-state index in [0.717, 1.165) is 30.2 Å². The molecule has 0 amide bonds. The third-order valence-corrected chi connectivity index (χ3v) is 3.39. The molecule has 0 aliphatic carbocycles. The zero-order valence-electron chi connectivity index (χ0n) is 12.1. The summed E-state index contributed by atoms with van der Waals surface area (Å²) >= 11 is 0. The SMILES string of the molecule is CCCCN(CCO)c1nc(C(=O)O)cc2ccccc12. The lowest BCUT2D eigenvalue weighted by atomic mass is 10.1. The van der Waals surface area contributed by atoms with E-state index in [2.05, 4.69) is 11.9 Å². The molecule has 1 heterocycles. The van der Waals surface area contributed by atoms with Gasteiger partial charge in [0.1, 0.15) is 5.82 Å². The normalized spacial score (nSPS) is 10.8. The monoisotopic (exact) mass is 288 g/mol. The van der Waals surface area contributed by atoms with Crippen molar-refractivity contribution in [3.8, 4) is 0 Å². The first-order chi connectivity index (χ1) is 10.2. The second-order valence-electron chi connectivity index (χ2n) is 4.92. The van der Waals surface area contributed by atoms with Crippen LogP contribution in [-0.2, 0) is 0 Å². The average Bonchev–Trinajstić information content (AvgIpc) is 2.50. The van der Waals surface area contributed by atoms with Crippen LogP contribution in [-0.4, -0.2) is 40.9 Å². The van der Waals surface area contributed by atoms with Crippen LogP contribution in [0.1, 0.15) is 30.3 Å². The average molecular weight is 288 g/mol. The van der Waals surface area contributed by atoms with Crippen molar-refractivity contribution in [2.75, 3.05) is 24.6 Å². The van der Waals surface area contributed by atoms with E-state index in [0.29, 0.717) is 12.4 Å². The number of benzene rings is 1. The van der Waals surface area contributed by atoms with E-state index in [1.165, 1.54) is 0 Å². The van der Waals surface area contributed by atoms with Crippen molar-refractivity contribution in [2.24, 2.45) is 0 Å². The van der Waals surface area contributed by atoms with E-state index in [-0.39, 0.29) is 12.3 Å². The molecule has 2 rings (SSSR count). The summed E-state index contributed by atoms with van der Waals surface area (Å²) in [5.74, 6) is -0.408. The first kappa shape index (κ1) is 15.3. The summed E-state index contributed by atoms with van der Waals surface area (Å²) in [5, 5.41) is 20.2. The van der Waals surface area contributed by atoms with Gasteiger partial charge in [-0.3, -0.25) is 0 Å². The van der Waals surface area contributed by atoms with E-state index in [1.807, 2.05) is 29.2 Å². The summed E-state index contributed by atoms with van der Waals surface area (Å²) in [6.45, 7) is 3.30. The van der Waals surface area contributed by atoms with Gasteiger partial charge >= 0.3 is 5.97 Å². The lowest BCUT2D eigenvalue weighted by Crippen LogP contribution is -2.29. The molecule has 0 aliphatic heterocycles. The number of carboxylic acids is 1. The molecule has 0 saturated carbocycles. The zero-order valence-corrected chi connectivity index (χ0v) is 12.1. The number of carboxylic acid groups (broad SMARTS) is 1. The molecular weight excluding hydrogens is 268 g/mol. The lowest BCUT2D eigenvalue weighted by molar-refractivity contribution is 0.0691. The Morgan fingerprint density at radius 2 is 2.05 bits per heavy atom. The first-order valence-corrected chi connectivity index (χ1v) is 7.16. The number of aliphatic hydroxyl groups excluding tert-OH is 1. The minimum Gasteiger partial charge on any atom is -0.477 e. The minimum absolute atomic E-state index is 0.0109. The molecule has 0 saturated heterocycles. The Labute approximate surface area is 123 Å². The topological polar surface area (TPSA) is 73.7 Å². The molecule has 0 radical (unpaired) electrons. The number of unbranched alkanes of at least 4 members (excludes halogenated alkanes) is 1. The van der Waals surface area contributed by atoms with Gasteiger partial charge in [0.05, 0.1) is 6.61 Å². The van der Waals surface area contributed by atoms with Gasteiger partial charge in [0.2, 0.25) is 0 Å². The van der Waals surface area contributed by atoms with Crippen molar-refractivity contribution in [3.05, 3.63) is 36.0 Å². The fraction of sp³-hybridized carbons (Fsp3) is 0.375. The summed E-state index contributed by atoms with van der Waals surface area (Å²) in [7, 11) is 0. The number of pyridine rings is 1. The molecule has 2 N–H and O–H groups in total. The van der Waals surface area contributed by atoms with Crippen molar-refractivity contribution in [1.82, 2.24) is 4.98 Å². The Balaban J connectivity index is 2.54. The highest BCUT2D eigenvalue weighted by atomic mass is 16.4. The third kappa shape index (κ3) is 3.49. The molecule has 21 heavy (non-hydrogen) atoms. The second kappa shape index (κ2) is 7.04. The number of fused-ring (bicyclic) bond motifs is 1. The molecule has 0 fully saturated rings. The van der Waals surface area contributed by atoms with Gasteiger partial charge in [-0.25, -0.2) is 9.78 Å². The molecule has 1 aromatic carbocycles. The molecule has 0 spiro atoms. The summed E-state index contributed by atoms with van der Waals surface area (Å²) in [4.78, 5) is 17.5. The number of aliphatic hydroxyl groups is 1. The molecule has 5 heteroatoms. The third-order valence-electron chi connectivity index (χ3n) is 3.39. The van der Waals surface area contributed by atoms with Crippen LogP contribution >= 0.6 is 0 Å². The minimum atomic E-state index is -1.04. The fourth-order valence-corrected chi connectivity index (χ4v) is 2.32. The van der Waals surface area contributed by atoms with Crippen molar-refractivity contribution >= 4 is 22.6 Å². The van der Waals surface area contributed by atoms with Gasteiger partial charge in [0.25, 0.3) is 0 Å². The predicted molar refractivity (Wildman–Crippen MR) is 82.9 cm³/mol.